The number of ether oxygens (including phenoxy) is 4. The van der Waals surface area contributed by atoms with Crippen LogP contribution in [0.3, 0.4) is 0 Å². The van der Waals surface area contributed by atoms with Gasteiger partial charge in [0.1, 0.15) is 23.0 Å². The van der Waals surface area contributed by atoms with E-state index in [4.69, 9.17) is 30.5 Å². The van der Waals surface area contributed by atoms with Gasteiger partial charge in [-0.05, 0) is 35.4 Å². The molecule has 5 nitrogen and oxygen atoms in total. The molecule has 4 aromatic carbocycles. The van der Waals surface area contributed by atoms with Crippen molar-refractivity contribution < 1.29 is 18.9 Å². The molecule has 184 valence electrons. The van der Waals surface area contributed by atoms with Gasteiger partial charge in [0.15, 0.2) is 0 Å². The lowest BCUT2D eigenvalue weighted by Crippen LogP contribution is -2.11. The highest BCUT2D eigenvalue weighted by Crippen LogP contribution is 2.41. The number of anilines is 3. The average molecular weight is 502 g/mol. The van der Waals surface area contributed by atoms with Gasteiger partial charge in [-0.3, -0.25) is 0 Å². The highest BCUT2D eigenvalue weighted by atomic mass is 35.5. The smallest absolute Gasteiger partial charge is 0.124 e. The van der Waals surface area contributed by atoms with Gasteiger partial charge in [-0.2, -0.15) is 0 Å². The summed E-state index contributed by atoms with van der Waals surface area (Å²) in [6.07, 6.45) is 4.13. The molecule has 0 bridgehead atoms. The zero-order chi connectivity index (χ0) is 25.5. The van der Waals surface area contributed by atoms with Crippen LogP contribution in [0, 0.1) is 0 Å². The monoisotopic (exact) mass is 501 g/mol. The molecule has 4 aromatic rings. The Hall–Kier alpha value is -4.09. The van der Waals surface area contributed by atoms with Crippen molar-refractivity contribution in [3.05, 3.63) is 101 Å². The molecular weight excluding hydrogens is 474 g/mol. The van der Waals surface area contributed by atoms with Crippen molar-refractivity contribution >= 4 is 40.8 Å². The van der Waals surface area contributed by atoms with Crippen LogP contribution in [0.4, 0.5) is 17.1 Å². The quantitative estimate of drug-likeness (QED) is 0.217. The van der Waals surface area contributed by atoms with Crippen LogP contribution in [0.15, 0.2) is 84.9 Å². The van der Waals surface area contributed by atoms with Crippen LogP contribution in [0.2, 0.25) is 5.02 Å². The Balaban J connectivity index is 1.77. The van der Waals surface area contributed by atoms with Gasteiger partial charge in [-0.25, -0.2) is 0 Å². The maximum atomic E-state index is 5.99. The molecule has 0 heterocycles. The van der Waals surface area contributed by atoms with E-state index in [1.165, 1.54) is 0 Å². The lowest BCUT2D eigenvalue weighted by Gasteiger charge is -2.27. The minimum atomic E-state index is 0.687. The summed E-state index contributed by atoms with van der Waals surface area (Å²) in [5.74, 6) is 2.75. The molecule has 0 aliphatic heterocycles. The van der Waals surface area contributed by atoms with Gasteiger partial charge >= 0.3 is 0 Å². The summed E-state index contributed by atoms with van der Waals surface area (Å²) in [5.41, 5.74) is 4.83. The van der Waals surface area contributed by atoms with Crippen molar-refractivity contribution in [2.24, 2.45) is 0 Å². The Bertz CT molecular complexity index is 1230. The Labute approximate surface area is 217 Å². The van der Waals surface area contributed by atoms with Crippen LogP contribution >= 0.6 is 11.6 Å². The summed E-state index contributed by atoms with van der Waals surface area (Å²) >= 11 is 5.99. The third-order valence-corrected chi connectivity index (χ3v) is 5.93. The highest BCUT2D eigenvalue weighted by molar-refractivity contribution is 6.30. The molecule has 0 saturated carbocycles. The minimum Gasteiger partial charge on any atom is -0.497 e. The minimum absolute atomic E-state index is 0.687. The van der Waals surface area contributed by atoms with Gasteiger partial charge in [-0.15, -0.1) is 0 Å². The summed E-state index contributed by atoms with van der Waals surface area (Å²) in [4.78, 5) is 2.10. The highest BCUT2D eigenvalue weighted by Gasteiger charge is 2.17. The number of methoxy groups -OCH3 is 4. The van der Waals surface area contributed by atoms with Crippen molar-refractivity contribution in [3.8, 4) is 23.0 Å². The molecule has 0 atom stereocenters. The lowest BCUT2D eigenvalue weighted by atomic mass is 10.1. The van der Waals surface area contributed by atoms with Crippen molar-refractivity contribution in [1.29, 1.82) is 0 Å². The number of hydrogen-bond donors (Lipinski definition) is 0. The van der Waals surface area contributed by atoms with Gasteiger partial charge in [0.2, 0.25) is 0 Å². The molecule has 0 fully saturated rings. The summed E-state index contributed by atoms with van der Waals surface area (Å²) in [7, 11) is 6.55. The van der Waals surface area contributed by atoms with E-state index in [9.17, 15) is 0 Å². The standard InChI is InChI=1S/C30H28ClNO4/c1-33-27-15-25(16-28(19-27)34-2)32(26-17-29(35-3)20-30(18-26)36-4)24-13-9-22(10-14-24)6-5-21-7-11-23(31)12-8-21/h5-20H,1-4H3. The predicted molar refractivity (Wildman–Crippen MR) is 148 cm³/mol. The number of rotatable bonds is 9. The molecule has 0 aromatic heterocycles. The van der Waals surface area contributed by atoms with Gasteiger partial charge in [0, 0.05) is 47.1 Å². The fraction of sp³-hybridized carbons (Fsp3) is 0.133. The molecule has 0 unspecified atom stereocenters. The third kappa shape index (κ3) is 5.93. The van der Waals surface area contributed by atoms with Gasteiger partial charge in [-0.1, -0.05) is 48.0 Å². The van der Waals surface area contributed by atoms with Crippen molar-refractivity contribution in [3.63, 3.8) is 0 Å². The maximum absolute atomic E-state index is 5.99. The second-order valence-electron chi connectivity index (χ2n) is 7.95. The largest absolute Gasteiger partial charge is 0.497 e. The van der Waals surface area contributed by atoms with Crippen LogP contribution in [0.1, 0.15) is 11.1 Å². The topological polar surface area (TPSA) is 40.2 Å². The zero-order valence-electron chi connectivity index (χ0n) is 20.7. The first-order valence-corrected chi connectivity index (χ1v) is 11.7. The second-order valence-corrected chi connectivity index (χ2v) is 8.39. The Morgan fingerprint density at radius 3 is 1.22 bits per heavy atom. The van der Waals surface area contributed by atoms with Crippen LogP contribution in [-0.2, 0) is 0 Å². The van der Waals surface area contributed by atoms with Crippen molar-refractivity contribution in [2.45, 2.75) is 0 Å². The lowest BCUT2D eigenvalue weighted by molar-refractivity contribution is 0.394. The van der Waals surface area contributed by atoms with Crippen molar-refractivity contribution in [2.75, 3.05) is 33.3 Å². The molecule has 36 heavy (non-hydrogen) atoms. The molecule has 0 spiro atoms. The SMILES string of the molecule is COc1cc(OC)cc(N(c2ccc(C=Cc3ccc(Cl)cc3)cc2)c2cc(OC)cc(OC)c2)c1. The molecule has 4 rings (SSSR count). The number of benzene rings is 4. The Kier molecular flexibility index (Phi) is 8.03. The molecular formula is C30H28ClNO4. The summed E-state index contributed by atoms with van der Waals surface area (Å²) < 4.78 is 22.1. The molecule has 0 aliphatic rings. The maximum Gasteiger partial charge on any atom is 0.124 e. The van der Waals surface area contributed by atoms with Crippen LogP contribution in [0.25, 0.3) is 12.2 Å². The number of halogens is 1. The summed E-state index contributed by atoms with van der Waals surface area (Å²) in [6, 6.07) is 27.6. The first kappa shape index (κ1) is 25.0. The summed E-state index contributed by atoms with van der Waals surface area (Å²) in [6.45, 7) is 0. The van der Waals surface area contributed by atoms with Gasteiger partial charge in [0.05, 0.1) is 39.8 Å². The number of nitrogens with zero attached hydrogens (tertiary/aromatic N) is 1. The third-order valence-electron chi connectivity index (χ3n) is 5.68. The van der Waals surface area contributed by atoms with E-state index in [0.717, 1.165) is 33.2 Å². The van der Waals surface area contributed by atoms with Crippen LogP contribution in [-0.4, -0.2) is 28.4 Å². The van der Waals surface area contributed by atoms with Crippen LogP contribution in [0.5, 0.6) is 23.0 Å². The van der Waals surface area contributed by atoms with E-state index in [1.54, 1.807) is 28.4 Å². The molecule has 0 aliphatic carbocycles. The molecule has 0 amide bonds. The normalized spacial score (nSPS) is 10.8. The molecule has 6 heteroatoms. The van der Waals surface area contributed by atoms with E-state index in [-0.39, 0.29) is 0 Å². The van der Waals surface area contributed by atoms with E-state index in [0.29, 0.717) is 23.0 Å². The Morgan fingerprint density at radius 1 is 0.500 bits per heavy atom. The van der Waals surface area contributed by atoms with Gasteiger partial charge in [0.25, 0.3) is 0 Å². The average Bonchev–Trinajstić information content (AvgIpc) is 2.93. The first-order valence-electron chi connectivity index (χ1n) is 11.3. The Morgan fingerprint density at radius 2 is 0.861 bits per heavy atom. The van der Waals surface area contributed by atoms with Gasteiger partial charge < -0.3 is 23.8 Å². The van der Waals surface area contributed by atoms with Crippen molar-refractivity contribution in [1.82, 2.24) is 0 Å². The number of hydrogen-bond acceptors (Lipinski definition) is 5. The second kappa shape index (κ2) is 11.6. The molecule has 0 radical (unpaired) electrons. The predicted octanol–water partition coefficient (Wildman–Crippen LogP) is 8.01. The fourth-order valence-corrected chi connectivity index (χ4v) is 3.92. The molecule has 0 saturated heterocycles. The fourth-order valence-electron chi connectivity index (χ4n) is 3.79. The van der Waals surface area contributed by atoms with Crippen LogP contribution < -0.4 is 23.8 Å². The summed E-state index contributed by atoms with van der Waals surface area (Å²) in [5, 5.41) is 0.722. The van der Waals surface area contributed by atoms with E-state index in [1.807, 2.05) is 60.7 Å². The molecule has 0 N–H and O–H groups in total. The van der Waals surface area contributed by atoms with E-state index in [2.05, 4.69) is 41.3 Å². The zero-order valence-corrected chi connectivity index (χ0v) is 21.5. The first-order chi connectivity index (χ1) is 17.5. The van der Waals surface area contributed by atoms with E-state index >= 15 is 0 Å². The van der Waals surface area contributed by atoms with E-state index < -0.39 is 0 Å².